The minimum atomic E-state index is -0.718. The molecule has 0 bridgehead atoms. The third-order valence-corrected chi connectivity index (χ3v) is 3.30. The largest absolute Gasteiger partial charge is 0.330 e. The predicted octanol–water partition coefficient (Wildman–Crippen LogP) is 2.42. The van der Waals surface area contributed by atoms with Gasteiger partial charge in [-0.15, -0.1) is 0 Å². The van der Waals surface area contributed by atoms with Gasteiger partial charge in [0.25, 0.3) is 5.91 Å². The number of hydrogen-bond acceptors (Lipinski definition) is 3. The number of aromatic nitrogens is 2. The monoisotopic (exact) mass is 271 g/mol. The summed E-state index contributed by atoms with van der Waals surface area (Å²) in [6, 6.07) is 8.79. The first kappa shape index (κ1) is 12.7. The number of carbonyl (C=O) groups excluding carboxylic acids is 1. The zero-order valence-electron chi connectivity index (χ0n) is 10.9. The van der Waals surface area contributed by atoms with Crippen molar-refractivity contribution in [2.45, 2.75) is 25.4 Å². The standard InChI is InChI=1S/C15H14FN3O/c16-14-13(5-3-9-18-14)15(20)19(12-6-7-12)10-11-4-1-2-8-17-11/h1-5,8-9,12H,6-7,10H2. The molecule has 20 heavy (non-hydrogen) atoms. The van der Waals surface area contributed by atoms with Crippen LogP contribution in [0.25, 0.3) is 0 Å². The lowest BCUT2D eigenvalue weighted by Crippen LogP contribution is -2.33. The SMILES string of the molecule is O=C(c1cccnc1F)N(Cc1ccccn1)C1CC1. The van der Waals surface area contributed by atoms with Gasteiger partial charge in [-0.2, -0.15) is 4.39 Å². The Morgan fingerprint density at radius 3 is 2.65 bits per heavy atom. The molecule has 0 aromatic carbocycles. The van der Waals surface area contributed by atoms with Crippen molar-refractivity contribution in [1.82, 2.24) is 14.9 Å². The molecule has 0 spiro atoms. The highest BCUT2D eigenvalue weighted by Crippen LogP contribution is 2.29. The molecule has 2 aromatic rings. The van der Waals surface area contributed by atoms with Crippen LogP contribution >= 0.6 is 0 Å². The molecule has 1 aliphatic rings. The van der Waals surface area contributed by atoms with Crippen molar-refractivity contribution >= 4 is 5.91 Å². The maximum Gasteiger partial charge on any atom is 0.259 e. The van der Waals surface area contributed by atoms with Gasteiger partial charge in [0.1, 0.15) is 0 Å². The first-order chi connectivity index (χ1) is 9.75. The highest BCUT2D eigenvalue weighted by Gasteiger charge is 2.34. The Labute approximate surface area is 116 Å². The Kier molecular flexibility index (Phi) is 3.41. The summed E-state index contributed by atoms with van der Waals surface area (Å²) in [4.78, 5) is 21.9. The van der Waals surface area contributed by atoms with Crippen LogP contribution in [0.4, 0.5) is 4.39 Å². The molecular formula is C15H14FN3O. The number of pyridine rings is 2. The van der Waals surface area contributed by atoms with Gasteiger partial charge in [0.15, 0.2) is 0 Å². The summed E-state index contributed by atoms with van der Waals surface area (Å²) in [5.41, 5.74) is 0.826. The molecule has 102 valence electrons. The molecule has 0 aliphatic heterocycles. The summed E-state index contributed by atoms with van der Waals surface area (Å²) in [5, 5.41) is 0. The van der Waals surface area contributed by atoms with Crippen LogP contribution in [-0.4, -0.2) is 26.8 Å². The van der Waals surface area contributed by atoms with E-state index in [9.17, 15) is 9.18 Å². The van der Waals surface area contributed by atoms with E-state index in [0.717, 1.165) is 18.5 Å². The first-order valence-electron chi connectivity index (χ1n) is 6.57. The maximum atomic E-state index is 13.6. The van der Waals surface area contributed by atoms with Crippen LogP contribution in [0.5, 0.6) is 0 Å². The highest BCUT2D eigenvalue weighted by molar-refractivity contribution is 5.94. The fourth-order valence-electron chi connectivity index (χ4n) is 2.12. The molecule has 0 unspecified atom stereocenters. The van der Waals surface area contributed by atoms with Gasteiger partial charge in [0.2, 0.25) is 5.95 Å². The molecule has 5 heteroatoms. The van der Waals surface area contributed by atoms with E-state index in [1.54, 1.807) is 17.2 Å². The minimum Gasteiger partial charge on any atom is -0.330 e. The highest BCUT2D eigenvalue weighted by atomic mass is 19.1. The summed E-state index contributed by atoms with van der Waals surface area (Å²) >= 11 is 0. The number of amides is 1. The predicted molar refractivity (Wildman–Crippen MR) is 71.3 cm³/mol. The van der Waals surface area contributed by atoms with Crippen LogP contribution in [0, 0.1) is 5.95 Å². The van der Waals surface area contributed by atoms with E-state index < -0.39 is 5.95 Å². The second kappa shape index (κ2) is 5.36. The smallest absolute Gasteiger partial charge is 0.259 e. The molecule has 1 amide bonds. The van der Waals surface area contributed by atoms with Gasteiger partial charge >= 0.3 is 0 Å². The Bertz CT molecular complexity index is 614. The van der Waals surface area contributed by atoms with Crippen molar-refractivity contribution in [3.05, 3.63) is 59.9 Å². The molecule has 1 aliphatic carbocycles. The number of halogens is 1. The van der Waals surface area contributed by atoms with Gasteiger partial charge < -0.3 is 4.90 Å². The third-order valence-electron chi connectivity index (χ3n) is 3.30. The van der Waals surface area contributed by atoms with Crippen molar-refractivity contribution in [3.63, 3.8) is 0 Å². The average molecular weight is 271 g/mol. The molecule has 0 radical (unpaired) electrons. The van der Waals surface area contributed by atoms with Crippen molar-refractivity contribution in [3.8, 4) is 0 Å². The summed E-state index contributed by atoms with van der Waals surface area (Å²) in [7, 11) is 0. The van der Waals surface area contributed by atoms with Gasteiger partial charge in [0, 0.05) is 18.4 Å². The van der Waals surface area contributed by atoms with E-state index in [-0.39, 0.29) is 17.5 Å². The fraction of sp³-hybridized carbons (Fsp3) is 0.267. The van der Waals surface area contributed by atoms with E-state index in [4.69, 9.17) is 0 Å². The molecule has 2 heterocycles. The van der Waals surface area contributed by atoms with E-state index in [2.05, 4.69) is 9.97 Å². The molecule has 3 rings (SSSR count). The van der Waals surface area contributed by atoms with E-state index in [1.807, 2.05) is 18.2 Å². The number of carbonyl (C=O) groups is 1. The quantitative estimate of drug-likeness (QED) is 0.802. The molecule has 1 saturated carbocycles. The van der Waals surface area contributed by atoms with Crippen LogP contribution in [0.3, 0.4) is 0 Å². The van der Waals surface area contributed by atoms with Crippen molar-refractivity contribution in [2.24, 2.45) is 0 Å². The van der Waals surface area contributed by atoms with Crippen LogP contribution in [0.2, 0.25) is 0 Å². The molecule has 0 N–H and O–H groups in total. The van der Waals surface area contributed by atoms with Gasteiger partial charge in [-0.3, -0.25) is 9.78 Å². The summed E-state index contributed by atoms with van der Waals surface area (Å²) < 4.78 is 13.6. The van der Waals surface area contributed by atoms with Crippen LogP contribution in [-0.2, 0) is 6.54 Å². The van der Waals surface area contributed by atoms with Gasteiger partial charge in [-0.25, -0.2) is 4.98 Å². The van der Waals surface area contributed by atoms with Crippen LogP contribution in [0.1, 0.15) is 28.9 Å². The Morgan fingerprint density at radius 2 is 2.00 bits per heavy atom. The molecule has 0 saturated heterocycles. The zero-order chi connectivity index (χ0) is 13.9. The van der Waals surface area contributed by atoms with E-state index in [0.29, 0.717) is 6.54 Å². The van der Waals surface area contributed by atoms with Crippen molar-refractivity contribution in [2.75, 3.05) is 0 Å². The Hall–Kier alpha value is -2.30. The molecule has 2 aromatic heterocycles. The Morgan fingerprint density at radius 1 is 1.20 bits per heavy atom. The van der Waals surface area contributed by atoms with E-state index >= 15 is 0 Å². The second-order valence-corrected chi connectivity index (χ2v) is 4.83. The van der Waals surface area contributed by atoms with Crippen LogP contribution < -0.4 is 0 Å². The summed E-state index contributed by atoms with van der Waals surface area (Å²) in [5.74, 6) is -1.03. The van der Waals surface area contributed by atoms with Gasteiger partial charge in [-0.05, 0) is 37.1 Å². The fourth-order valence-corrected chi connectivity index (χ4v) is 2.12. The Balaban J connectivity index is 1.84. The normalized spacial score (nSPS) is 14.1. The average Bonchev–Trinajstić information content (AvgIpc) is 3.30. The third kappa shape index (κ3) is 2.66. The lowest BCUT2D eigenvalue weighted by atomic mass is 10.2. The van der Waals surface area contributed by atoms with Crippen molar-refractivity contribution in [1.29, 1.82) is 0 Å². The van der Waals surface area contributed by atoms with Gasteiger partial charge in [0.05, 0.1) is 17.8 Å². The first-order valence-corrected chi connectivity index (χ1v) is 6.57. The zero-order valence-corrected chi connectivity index (χ0v) is 10.9. The molecular weight excluding hydrogens is 257 g/mol. The minimum absolute atomic E-state index is 0.0235. The van der Waals surface area contributed by atoms with E-state index in [1.165, 1.54) is 12.3 Å². The molecule has 4 nitrogen and oxygen atoms in total. The number of hydrogen-bond donors (Lipinski definition) is 0. The lowest BCUT2D eigenvalue weighted by molar-refractivity contribution is 0.0722. The molecule has 1 fully saturated rings. The molecule has 0 atom stereocenters. The second-order valence-electron chi connectivity index (χ2n) is 4.83. The number of nitrogens with zero attached hydrogens (tertiary/aromatic N) is 3. The topological polar surface area (TPSA) is 46.1 Å². The van der Waals surface area contributed by atoms with Gasteiger partial charge in [-0.1, -0.05) is 6.07 Å². The van der Waals surface area contributed by atoms with Crippen LogP contribution in [0.15, 0.2) is 42.7 Å². The number of rotatable bonds is 4. The summed E-state index contributed by atoms with van der Waals surface area (Å²) in [6.45, 7) is 0.401. The maximum absolute atomic E-state index is 13.6. The summed E-state index contributed by atoms with van der Waals surface area (Å²) in [6.07, 6.45) is 4.95. The lowest BCUT2D eigenvalue weighted by Gasteiger charge is -2.22. The van der Waals surface area contributed by atoms with Crippen molar-refractivity contribution < 1.29 is 9.18 Å².